The smallest absolute Gasteiger partial charge is 0.162 e. The summed E-state index contributed by atoms with van der Waals surface area (Å²) < 4.78 is 0. The molecule has 0 heterocycles. The van der Waals surface area contributed by atoms with E-state index in [2.05, 4.69) is 0 Å². The van der Waals surface area contributed by atoms with E-state index in [1.54, 1.807) is 18.2 Å². The number of Topliss-reactive ketones (excluding diaryl/α,β-unsaturated/α-hetero) is 1. The summed E-state index contributed by atoms with van der Waals surface area (Å²) in [4.78, 5) is 11.7. The normalized spacial score (nSPS) is 12.2. The second kappa shape index (κ2) is 7.77. The molecule has 0 aliphatic heterocycles. The fourth-order valence-corrected chi connectivity index (χ4v) is 2.60. The molecule has 2 aromatic carbocycles. The summed E-state index contributed by atoms with van der Waals surface area (Å²) in [7, 11) is 0. The molecule has 0 amide bonds. The molecule has 0 aromatic heterocycles. The Morgan fingerprint density at radius 1 is 1.14 bits per heavy atom. The zero-order valence-electron chi connectivity index (χ0n) is 12.4. The monoisotopic (exact) mass is 336 g/mol. The van der Waals surface area contributed by atoms with Gasteiger partial charge in [0, 0.05) is 12.0 Å². The standard InChI is InChI=1S/C18H18Cl2O2/c1-2-17(21)13-5-3-4-12(10-13)6-9-18(22)14-7-8-15(19)16(20)11-14/h3-5,7-8,10-11,18,22H,2,6,9H2,1H3. The maximum absolute atomic E-state index is 11.7. The second-order valence-corrected chi connectivity index (χ2v) is 6.02. The molecule has 0 spiro atoms. The molecule has 1 unspecified atom stereocenters. The van der Waals surface area contributed by atoms with Gasteiger partial charge >= 0.3 is 0 Å². The first kappa shape index (κ1) is 17.0. The van der Waals surface area contributed by atoms with Crippen molar-refractivity contribution in [3.8, 4) is 0 Å². The third-order valence-corrected chi connectivity index (χ3v) is 4.34. The minimum absolute atomic E-state index is 0.131. The number of carbonyl (C=O) groups is 1. The zero-order valence-corrected chi connectivity index (χ0v) is 13.9. The predicted octanol–water partition coefficient (Wildman–Crippen LogP) is 5.25. The van der Waals surface area contributed by atoms with Gasteiger partial charge in [-0.15, -0.1) is 0 Å². The summed E-state index contributed by atoms with van der Waals surface area (Å²) >= 11 is 11.8. The lowest BCUT2D eigenvalue weighted by Crippen LogP contribution is -2.01. The number of benzene rings is 2. The number of aryl methyl sites for hydroxylation is 1. The molecule has 0 saturated heterocycles. The van der Waals surface area contributed by atoms with E-state index in [1.165, 1.54) is 0 Å². The number of rotatable bonds is 6. The average molecular weight is 337 g/mol. The lowest BCUT2D eigenvalue weighted by molar-refractivity contribution is 0.0988. The molecule has 0 aliphatic carbocycles. The van der Waals surface area contributed by atoms with Gasteiger partial charge in [-0.05, 0) is 42.2 Å². The van der Waals surface area contributed by atoms with Crippen LogP contribution < -0.4 is 0 Å². The van der Waals surface area contributed by atoms with E-state index in [1.807, 2.05) is 31.2 Å². The minimum Gasteiger partial charge on any atom is -0.388 e. The van der Waals surface area contributed by atoms with Crippen LogP contribution in [0.5, 0.6) is 0 Å². The van der Waals surface area contributed by atoms with Gasteiger partial charge in [0.25, 0.3) is 0 Å². The van der Waals surface area contributed by atoms with Crippen LogP contribution in [-0.2, 0) is 6.42 Å². The van der Waals surface area contributed by atoms with Crippen molar-refractivity contribution >= 4 is 29.0 Å². The predicted molar refractivity (Wildman–Crippen MR) is 90.8 cm³/mol. The summed E-state index contributed by atoms with van der Waals surface area (Å²) in [6.45, 7) is 1.85. The van der Waals surface area contributed by atoms with Crippen molar-refractivity contribution < 1.29 is 9.90 Å². The zero-order chi connectivity index (χ0) is 16.1. The Kier molecular flexibility index (Phi) is 6.01. The fourth-order valence-electron chi connectivity index (χ4n) is 2.29. The maximum atomic E-state index is 11.7. The molecule has 0 bridgehead atoms. The largest absolute Gasteiger partial charge is 0.388 e. The number of hydrogen-bond acceptors (Lipinski definition) is 2. The highest BCUT2D eigenvalue weighted by Gasteiger charge is 2.11. The minimum atomic E-state index is -0.611. The Bertz CT molecular complexity index is 668. The molecule has 0 radical (unpaired) electrons. The lowest BCUT2D eigenvalue weighted by Gasteiger charge is -2.12. The highest BCUT2D eigenvalue weighted by molar-refractivity contribution is 6.42. The molecule has 2 nitrogen and oxygen atoms in total. The van der Waals surface area contributed by atoms with E-state index >= 15 is 0 Å². The third-order valence-electron chi connectivity index (χ3n) is 3.60. The molecular formula is C18H18Cl2O2. The molecule has 22 heavy (non-hydrogen) atoms. The summed E-state index contributed by atoms with van der Waals surface area (Å²) in [5.41, 5.74) is 2.51. The molecule has 1 atom stereocenters. The van der Waals surface area contributed by atoms with Crippen LogP contribution in [0.25, 0.3) is 0 Å². The number of aliphatic hydroxyl groups excluding tert-OH is 1. The average Bonchev–Trinajstić information content (AvgIpc) is 2.54. The van der Waals surface area contributed by atoms with Gasteiger partial charge in [-0.2, -0.15) is 0 Å². The van der Waals surface area contributed by atoms with Crippen LogP contribution in [0.1, 0.15) is 47.4 Å². The van der Waals surface area contributed by atoms with Gasteiger partial charge < -0.3 is 5.11 Å². The number of hydrogen-bond donors (Lipinski definition) is 1. The first-order valence-corrected chi connectivity index (χ1v) is 8.02. The Hall–Kier alpha value is -1.35. The molecule has 0 saturated carbocycles. The maximum Gasteiger partial charge on any atom is 0.162 e. The first-order valence-electron chi connectivity index (χ1n) is 7.26. The second-order valence-electron chi connectivity index (χ2n) is 5.21. The molecule has 2 aromatic rings. The van der Waals surface area contributed by atoms with Crippen LogP contribution in [0.3, 0.4) is 0 Å². The van der Waals surface area contributed by atoms with Crippen molar-refractivity contribution in [3.05, 3.63) is 69.2 Å². The highest BCUT2D eigenvalue weighted by atomic mass is 35.5. The van der Waals surface area contributed by atoms with Crippen LogP contribution in [0.4, 0.5) is 0 Å². The lowest BCUT2D eigenvalue weighted by atomic mass is 9.99. The summed E-state index contributed by atoms with van der Waals surface area (Å²) in [5.74, 6) is 0.131. The number of aliphatic hydroxyl groups is 1. The van der Waals surface area contributed by atoms with E-state index in [-0.39, 0.29) is 5.78 Å². The number of ketones is 1. The molecule has 0 aliphatic rings. The van der Waals surface area contributed by atoms with Crippen molar-refractivity contribution in [2.45, 2.75) is 32.3 Å². The van der Waals surface area contributed by atoms with Crippen molar-refractivity contribution in [3.63, 3.8) is 0 Å². The number of carbonyl (C=O) groups excluding carboxylic acids is 1. The van der Waals surface area contributed by atoms with Crippen molar-refractivity contribution in [2.24, 2.45) is 0 Å². The van der Waals surface area contributed by atoms with Crippen molar-refractivity contribution in [1.29, 1.82) is 0 Å². The first-order chi connectivity index (χ1) is 10.5. The van der Waals surface area contributed by atoms with Gasteiger partial charge in [0.05, 0.1) is 16.1 Å². The van der Waals surface area contributed by atoms with Crippen LogP contribution in [-0.4, -0.2) is 10.9 Å². The van der Waals surface area contributed by atoms with Crippen LogP contribution in [0.15, 0.2) is 42.5 Å². The topological polar surface area (TPSA) is 37.3 Å². The molecule has 0 fully saturated rings. The summed E-state index contributed by atoms with van der Waals surface area (Å²) in [6.07, 6.45) is 1.13. The summed E-state index contributed by atoms with van der Waals surface area (Å²) in [5, 5.41) is 11.2. The Labute approximate surface area is 140 Å². The SMILES string of the molecule is CCC(=O)c1cccc(CCC(O)c2ccc(Cl)c(Cl)c2)c1. The summed E-state index contributed by atoms with van der Waals surface area (Å²) in [6, 6.07) is 12.7. The van der Waals surface area contributed by atoms with Gasteiger partial charge in [-0.1, -0.05) is 54.4 Å². The van der Waals surface area contributed by atoms with Gasteiger partial charge in [0.1, 0.15) is 0 Å². The van der Waals surface area contributed by atoms with E-state index in [4.69, 9.17) is 23.2 Å². The molecule has 4 heteroatoms. The van der Waals surface area contributed by atoms with E-state index in [0.717, 1.165) is 16.7 Å². The van der Waals surface area contributed by atoms with Crippen LogP contribution >= 0.6 is 23.2 Å². The molecule has 1 N–H and O–H groups in total. The Morgan fingerprint density at radius 2 is 1.91 bits per heavy atom. The van der Waals surface area contributed by atoms with Crippen molar-refractivity contribution in [2.75, 3.05) is 0 Å². The molecule has 2 rings (SSSR count). The molecule has 116 valence electrons. The Balaban J connectivity index is 2.03. The fraction of sp³-hybridized carbons (Fsp3) is 0.278. The van der Waals surface area contributed by atoms with Crippen molar-refractivity contribution in [1.82, 2.24) is 0 Å². The van der Waals surface area contributed by atoms with Crippen LogP contribution in [0, 0.1) is 0 Å². The molecular weight excluding hydrogens is 319 g/mol. The van der Waals surface area contributed by atoms with E-state index in [0.29, 0.717) is 29.3 Å². The van der Waals surface area contributed by atoms with Gasteiger partial charge in [-0.3, -0.25) is 4.79 Å². The van der Waals surface area contributed by atoms with E-state index in [9.17, 15) is 9.90 Å². The van der Waals surface area contributed by atoms with E-state index < -0.39 is 6.10 Å². The van der Waals surface area contributed by atoms with Crippen LogP contribution in [0.2, 0.25) is 10.0 Å². The van der Waals surface area contributed by atoms with Gasteiger partial charge in [0.2, 0.25) is 0 Å². The van der Waals surface area contributed by atoms with Gasteiger partial charge in [0.15, 0.2) is 5.78 Å². The third kappa shape index (κ3) is 4.33. The quantitative estimate of drug-likeness (QED) is 0.731. The Morgan fingerprint density at radius 3 is 2.59 bits per heavy atom. The number of halogens is 2. The highest BCUT2D eigenvalue weighted by Crippen LogP contribution is 2.27. The van der Waals surface area contributed by atoms with Gasteiger partial charge in [-0.25, -0.2) is 0 Å².